The largest absolute Gasteiger partial charge is 0.462 e. The number of rotatable bonds is 43. The molecule has 0 aliphatic carbocycles. The highest BCUT2D eigenvalue weighted by molar-refractivity contribution is 5.71. The topological polar surface area (TPSA) is 78.9 Å². The lowest BCUT2D eigenvalue weighted by Gasteiger charge is -2.18. The number of esters is 3. The molecule has 0 aromatic heterocycles. The molecule has 0 bridgehead atoms. The third-order valence-corrected chi connectivity index (χ3v) is 10.3. The summed E-state index contributed by atoms with van der Waals surface area (Å²) in [6.07, 6.45) is 54.0. The van der Waals surface area contributed by atoms with Crippen LogP contribution in [0.4, 0.5) is 0 Å². The fourth-order valence-corrected chi connectivity index (χ4v) is 6.67. The molecule has 1 atom stereocenters. The number of hydrogen-bond donors (Lipinski definition) is 0. The number of unbranched alkanes of at least 4 members (excludes halogenated alkanes) is 24. The van der Waals surface area contributed by atoms with Crippen molar-refractivity contribution in [2.45, 2.75) is 245 Å². The maximum Gasteiger partial charge on any atom is 0.306 e. The Bertz CT molecular complexity index is 1010. The van der Waals surface area contributed by atoms with Crippen molar-refractivity contribution in [2.75, 3.05) is 13.2 Å². The van der Waals surface area contributed by atoms with E-state index in [2.05, 4.69) is 57.2 Å². The van der Waals surface area contributed by atoms with Gasteiger partial charge in [0.1, 0.15) is 13.2 Å². The maximum absolute atomic E-state index is 12.7. The normalized spacial score (nSPS) is 12.4. The van der Waals surface area contributed by atoms with Gasteiger partial charge in [-0.05, 0) is 57.8 Å². The molecule has 1 unspecified atom stereocenters. The van der Waals surface area contributed by atoms with Gasteiger partial charge in [0, 0.05) is 19.3 Å². The molecule has 0 heterocycles. The van der Waals surface area contributed by atoms with E-state index in [9.17, 15) is 14.4 Å². The lowest BCUT2D eigenvalue weighted by molar-refractivity contribution is -0.166. The Morgan fingerprint density at radius 2 is 0.667 bits per heavy atom. The second kappa shape index (κ2) is 46.1. The molecule has 330 valence electrons. The van der Waals surface area contributed by atoms with Crippen LogP contribution in [0.25, 0.3) is 0 Å². The highest BCUT2D eigenvalue weighted by Gasteiger charge is 2.19. The van der Waals surface area contributed by atoms with Crippen LogP contribution >= 0.6 is 0 Å². The van der Waals surface area contributed by atoms with Gasteiger partial charge in [0.05, 0.1) is 0 Å². The Balaban J connectivity index is 4.49. The van der Waals surface area contributed by atoms with E-state index in [-0.39, 0.29) is 44.0 Å². The molecule has 0 spiro atoms. The van der Waals surface area contributed by atoms with Crippen LogP contribution in [-0.2, 0) is 28.6 Å². The molecule has 0 aromatic carbocycles. The molecule has 0 radical (unpaired) electrons. The van der Waals surface area contributed by atoms with Crippen molar-refractivity contribution >= 4 is 17.9 Å². The molecule has 0 saturated carbocycles. The minimum atomic E-state index is -0.815. The molecule has 57 heavy (non-hydrogen) atoms. The first-order valence-electron chi connectivity index (χ1n) is 24.1. The van der Waals surface area contributed by atoms with Gasteiger partial charge in [-0.25, -0.2) is 0 Å². The number of carbonyl (C=O) groups is 3. The predicted octanol–water partition coefficient (Wildman–Crippen LogP) is 15.5. The zero-order valence-electron chi connectivity index (χ0n) is 37.6. The summed E-state index contributed by atoms with van der Waals surface area (Å²) in [5.74, 6) is -1.03. The molecule has 0 fully saturated rings. The lowest BCUT2D eigenvalue weighted by Crippen LogP contribution is -2.30. The summed E-state index contributed by atoms with van der Waals surface area (Å²) in [6.45, 7) is 6.52. The van der Waals surface area contributed by atoms with Gasteiger partial charge in [-0.15, -0.1) is 0 Å². The molecular weight excluding hydrogens is 709 g/mol. The molecule has 0 amide bonds. The lowest BCUT2D eigenvalue weighted by atomic mass is 10.1. The number of allylic oxidation sites excluding steroid dienone is 8. The molecule has 6 nitrogen and oxygen atoms in total. The summed E-state index contributed by atoms with van der Waals surface area (Å²) >= 11 is 0. The van der Waals surface area contributed by atoms with Crippen LogP contribution in [0.5, 0.6) is 0 Å². The fraction of sp³-hybridized carbons (Fsp3) is 0.784. The standard InChI is InChI=1S/C51H90O6/c1-4-7-10-13-16-19-22-24-25-27-29-32-35-38-41-44-50(53)56-47-48(46-55-49(52)43-40-37-34-31-28-21-18-15-12-9-6-3)57-51(54)45-42-39-36-33-30-26-23-20-17-14-11-8-5-2/h22,24,27,29,35-36,38-39,48H,4-21,23,25-26,28,30-34,37,40-47H2,1-3H3. The van der Waals surface area contributed by atoms with Crippen LogP contribution in [0, 0.1) is 0 Å². The second-order valence-corrected chi connectivity index (χ2v) is 16.0. The van der Waals surface area contributed by atoms with Gasteiger partial charge < -0.3 is 14.2 Å². The van der Waals surface area contributed by atoms with E-state index in [1.807, 2.05) is 12.2 Å². The quantitative estimate of drug-likeness (QED) is 0.0265. The van der Waals surface area contributed by atoms with E-state index in [1.54, 1.807) is 0 Å². The maximum atomic E-state index is 12.7. The summed E-state index contributed by atoms with van der Waals surface area (Å²) in [6, 6.07) is 0. The van der Waals surface area contributed by atoms with Crippen LogP contribution in [0.3, 0.4) is 0 Å². The first-order valence-corrected chi connectivity index (χ1v) is 24.1. The van der Waals surface area contributed by atoms with Crippen molar-refractivity contribution in [1.82, 2.24) is 0 Å². The third kappa shape index (κ3) is 44.3. The number of carbonyl (C=O) groups excluding carboxylic acids is 3. The highest BCUT2D eigenvalue weighted by Crippen LogP contribution is 2.14. The van der Waals surface area contributed by atoms with E-state index in [4.69, 9.17) is 14.2 Å². The smallest absolute Gasteiger partial charge is 0.306 e. The van der Waals surface area contributed by atoms with Crippen LogP contribution in [-0.4, -0.2) is 37.2 Å². The van der Waals surface area contributed by atoms with Gasteiger partial charge in [0.15, 0.2) is 6.10 Å². The van der Waals surface area contributed by atoms with Crippen molar-refractivity contribution < 1.29 is 28.6 Å². The summed E-state index contributed by atoms with van der Waals surface area (Å²) < 4.78 is 16.6. The van der Waals surface area contributed by atoms with E-state index in [0.29, 0.717) is 19.3 Å². The van der Waals surface area contributed by atoms with Gasteiger partial charge in [-0.2, -0.15) is 0 Å². The van der Waals surface area contributed by atoms with Gasteiger partial charge >= 0.3 is 17.9 Å². The monoisotopic (exact) mass is 799 g/mol. The first kappa shape index (κ1) is 54.4. The average molecular weight is 799 g/mol. The Kier molecular flexibility index (Phi) is 43.9. The van der Waals surface area contributed by atoms with Gasteiger partial charge in [0.25, 0.3) is 0 Å². The minimum Gasteiger partial charge on any atom is -0.462 e. The summed E-state index contributed by atoms with van der Waals surface area (Å²) in [5.41, 5.74) is 0. The van der Waals surface area contributed by atoms with Crippen molar-refractivity contribution in [1.29, 1.82) is 0 Å². The Morgan fingerprint density at radius 1 is 0.351 bits per heavy atom. The summed E-state index contributed by atoms with van der Waals surface area (Å²) in [5, 5.41) is 0. The fourth-order valence-electron chi connectivity index (χ4n) is 6.67. The van der Waals surface area contributed by atoms with Crippen molar-refractivity contribution in [2.24, 2.45) is 0 Å². The van der Waals surface area contributed by atoms with Crippen molar-refractivity contribution in [3.63, 3.8) is 0 Å². The van der Waals surface area contributed by atoms with E-state index in [1.165, 1.54) is 148 Å². The summed E-state index contributed by atoms with van der Waals surface area (Å²) in [4.78, 5) is 37.7. The Hall–Kier alpha value is -2.63. The Labute approximate surface area is 352 Å². The number of hydrogen-bond acceptors (Lipinski definition) is 6. The van der Waals surface area contributed by atoms with Crippen molar-refractivity contribution in [3.05, 3.63) is 48.6 Å². The zero-order valence-corrected chi connectivity index (χ0v) is 37.6. The Morgan fingerprint density at radius 3 is 1.12 bits per heavy atom. The predicted molar refractivity (Wildman–Crippen MR) is 242 cm³/mol. The molecule has 0 aromatic rings. The van der Waals surface area contributed by atoms with E-state index < -0.39 is 6.10 Å². The highest BCUT2D eigenvalue weighted by atomic mass is 16.6. The molecule has 0 aliphatic heterocycles. The molecule has 0 rings (SSSR count). The molecule has 0 N–H and O–H groups in total. The second-order valence-electron chi connectivity index (χ2n) is 16.0. The molecule has 6 heteroatoms. The van der Waals surface area contributed by atoms with Crippen molar-refractivity contribution in [3.8, 4) is 0 Å². The van der Waals surface area contributed by atoms with Crippen LogP contribution < -0.4 is 0 Å². The number of ether oxygens (including phenoxy) is 3. The average Bonchev–Trinajstić information content (AvgIpc) is 3.21. The van der Waals surface area contributed by atoms with Crippen LogP contribution in [0.2, 0.25) is 0 Å². The van der Waals surface area contributed by atoms with E-state index in [0.717, 1.165) is 38.5 Å². The van der Waals surface area contributed by atoms with Crippen LogP contribution in [0.1, 0.15) is 239 Å². The molecular formula is C51H90O6. The third-order valence-electron chi connectivity index (χ3n) is 10.3. The van der Waals surface area contributed by atoms with Gasteiger partial charge in [0.2, 0.25) is 0 Å². The summed E-state index contributed by atoms with van der Waals surface area (Å²) in [7, 11) is 0. The van der Waals surface area contributed by atoms with E-state index >= 15 is 0 Å². The first-order chi connectivity index (χ1) is 28.0. The zero-order chi connectivity index (χ0) is 41.5. The molecule has 0 aliphatic rings. The van der Waals surface area contributed by atoms with Gasteiger partial charge in [-0.1, -0.05) is 211 Å². The minimum absolute atomic E-state index is 0.106. The van der Waals surface area contributed by atoms with Gasteiger partial charge in [-0.3, -0.25) is 14.4 Å². The molecule has 0 saturated heterocycles. The van der Waals surface area contributed by atoms with Crippen LogP contribution in [0.15, 0.2) is 48.6 Å². The SMILES string of the molecule is CCCCCCCC=CCC=CCC=CCCC(=O)OCC(COC(=O)CCCCCCCCCCCCC)OC(=O)CCC=CCCCCCCCCCCC.